The Kier molecular flexibility index (Phi) is 6.44. The largest absolute Gasteiger partial charge is 0.319 e. The molecule has 1 N–H and O–H groups in total. The van der Waals surface area contributed by atoms with Gasteiger partial charge in [-0.1, -0.05) is 24.3 Å². The Morgan fingerprint density at radius 3 is 2.27 bits per heavy atom. The number of aryl methyl sites for hydroxylation is 1. The number of likely N-dealkylation sites (N-methyl/N-ethyl adjacent to an activating group) is 1. The molecule has 0 fully saturated rings. The lowest BCUT2D eigenvalue weighted by Gasteiger charge is -2.03. The first-order valence-electron chi connectivity index (χ1n) is 5.33. The predicted octanol–water partition coefficient (Wildman–Crippen LogP) is 3.00. The van der Waals surface area contributed by atoms with Gasteiger partial charge in [0.2, 0.25) is 0 Å². The van der Waals surface area contributed by atoms with Gasteiger partial charge in [0.1, 0.15) is 0 Å². The molecule has 3 heteroatoms. The van der Waals surface area contributed by atoms with Crippen molar-refractivity contribution >= 4 is 12.1 Å². The molecule has 0 bridgehead atoms. The first-order valence-corrected chi connectivity index (χ1v) is 6.21. The van der Waals surface area contributed by atoms with Gasteiger partial charge in [-0.25, -0.2) is 0 Å². The highest BCUT2D eigenvalue weighted by Crippen LogP contribution is 2.10. The maximum absolute atomic E-state index is 11.8. The van der Waals surface area contributed by atoms with E-state index in [0.29, 0.717) is 17.9 Å². The van der Waals surface area contributed by atoms with Gasteiger partial charge in [-0.05, 0) is 44.0 Å². The van der Waals surface area contributed by atoms with E-state index in [1.54, 1.807) is 0 Å². The highest BCUT2D eigenvalue weighted by Gasteiger charge is 1.95. The van der Waals surface area contributed by atoms with Crippen molar-refractivity contribution in [2.45, 2.75) is 19.3 Å². The van der Waals surface area contributed by atoms with Gasteiger partial charge in [0, 0.05) is 17.9 Å². The van der Waals surface area contributed by atoms with Crippen LogP contribution in [0.15, 0.2) is 24.3 Å². The average Bonchev–Trinajstić information content (AvgIpc) is 2.28. The van der Waals surface area contributed by atoms with Crippen LogP contribution in [0, 0.1) is 0 Å². The van der Waals surface area contributed by atoms with Crippen molar-refractivity contribution in [1.82, 2.24) is 5.32 Å². The zero-order valence-corrected chi connectivity index (χ0v) is 9.95. The summed E-state index contributed by atoms with van der Waals surface area (Å²) in [5.41, 5.74) is 2.66. The minimum Gasteiger partial charge on any atom is -0.319 e. The lowest BCUT2D eigenvalue weighted by molar-refractivity contribution is 0.791. The molecule has 1 aromatic carbocycles. The Bertz CT molecular complexity index is 261. The van der Waals surface area contributed by atoms with E-state index in [2.05, 4.69) is 29.6 Å². The fourth-order valence-corrected chi connectivity index (χ4v) is 1.73. The Hall–Kier alpha value is -0.540. The van der Waals surface area contributed by atoms with E-state index in [0.717, 1.165) is 25.8 Å². The summed E-state index contributed by atoms with van der Waals surface area (Å²) in [5, 5.41) is 3.13. The maximum Gasteiger partial charge on any atom is 0.0443 e. The lowest BCUT2D eigenvalue weighted by atomic mass is 10.1. The summed E-state index contributed by atoms with van der Waals surface area (Å²) in [4.78, 5) is 0. The molecule has 0 heterocycles. The molecular formula is C12H18FNS. The van der Waals surface area contributed by atoms with Crippen molar-refractivity contribution in [2.75, 3.05) is 19.3 Å². The predicted molar refractivity (Wildman–Crippen MR) is 66.0 cm³/mol. The molecule has 15 heavy (non-hydrogen) atoms. The molecule has 0 saturated carbocycles. The summed E-state index contributed by atoms with van der Waals surface area (Å²) < 4.78 is 11.8. The van der Waals surface area contributed by atoms with Gasteiger partial charge in [-0.15, -0.1) is 0 Å². The molecule has 0 amide bonds. The molecule has 0 aromatic heterocycles. The molecule has 0 aliphatic rings. The third kappa shape index (κ3) is 5.19. The summed E-state index contributed by atoms with van der Waals surface area (Å²) >= 11 is 0.427. The summed E-state index contributed by atoms with van der Waals surface area (Å²) in [5.74, 6) is 0.599. The van der Waals surface area contributed by atoms with Crippen molar-refractivity contribution in [3.63, 3.8) is 0 Å². The van der Waals surface area contributed by atoms with Crippen LogP contribution >= 0.6 is 12.1 Å². The second kappa shape index (κ2) is 7.71. The monoisotopic (exact) mass is 227 g/mol. The van der Waals surface area contributed by atoms with Gasteiger partial charge in [0.25, 0.3) is 0 Å². The zero-order valence-electron chi connectivity index (χ0n) is 9.13. The van der Waals surface area contributed by atoms with Crippen LogP contribution in [-0.2, 0) is 12.8 Å². The van der Waals surface area contributed by atoms with Crippen LogP contribution in [0.5, 0.6) is 0 Å². The van der Waals surface area contributed by atoms with E-state index in [4.69, 9.17) is 0 Å². The van der Waals surface area contributed by atoms with Crippen LogP contribution in [0.25, 0.3) is 0 Å². The SMILES string of the molecule is CNCCc1ccc(CCCSF)cc1. The van der Waals surface area contributed by atoms with Gasteiger partial charge in [-0.2, -0.15) is 3.89 Å². The molecular weight excluding hydrogens is 209 g/mol. The van der Waals surface area contributed by atoms with Gasteiger partial charge in [0.15, 0.2) is 0 Å². The number of nitrogens with one attached hydrogen (secondary N) is 1. The Labute approximate surface area is 95.8 Å². The van der Waals surface area contributed by atoms with Crippen LogP contribution in [0.3, 0.4) is 0 Å². The summed E-state index contributed by atoms with van der Waals surface area (Å²) in [6.45, 7) is 1.01. The second-order valence-corrected chi connectivity index (χ2v) is 4.21. The molecule has 1 rings (SSSR count). The van der Waals surface area contributed by atoms with E-state index >= 15 is 0 Å². The van der Waals surface area contributed by atoms with Gasteiger partial charge >= 0.3 is 0 Å². The fourth-order valence-electron chi connectivity index (χ4n) is 1.47. The van der Waals surface area contributed by atoms with Crippen molar-refractivity contribution in [3.8, 4) is 0 Å². The first-order chi connectivity index (χ1) is 7.36. The van der Waals surface area contributed by atoms with Crippen LogP contribution in [0.4, 0.5) is 3.89 Å². The van der Waals surface area contributed by atoms with E-state index in [-0.39, 0.29) is 0 Å². The standard InChI is InChI=1S/C12H18FNS/c1-14-9-8-12-6-4-11(5-7-12)3-2-10-15-13/h4-7,14H,2-3,8-10H2,1H3. The third-order valence-electron chi connectivity index (χ3n) is 2.37. The number of benzene rings is 1. The van der Waals surface area contributed by atoms with E-state index in [1.807, 2.05) is 7.05 Å². The van der Waals surface area contributed by atoms with Gasteiger partial charge in [-0.3, -0.25) is 0 Å². The average molecular weight is 227 g/mol. The van der Waals surface area contributed by atoms with Crippen LogP contribution in [-0.4, -0.2) is 19.3 Å². The maximum atomic E-state index is 11.8. The number of halogens is 1. The summed E-state index contributed by atoms with van der Waals surface area (Å²) in [6, 6.07) is 8.62. The smallest absolute Gasteiger partial charge is 0.0443 e. The molecule has 1 nitrogen and oxygen atoms in total. The fraction of sp³-hybridized carbons (Fsp3) is 0.500. The van der Waals surface area contributed by atoms with Crippen molar-refractivity contribution < 1.29 is 3.89 Å². The Morgan fingerprint density at radius 1 is 1.13 bits per heavy atom. The molecule has 0 radical (unpaired) electrons. The summed E-state index contributed by atoms with van der Waals surface area (Å²) in [7, 11) is 1.96. The van der Waals surface area contributed by atoms with Gasteiger partial charge < -0.3 is 5.32 Å². The van der Waals surface area contributed by atoms with Crippen LogP contribution < -0.4 is 5.32 Å². The molecule has 0 saturated heterocycles. The molecule has 0 atom stereocenters. The minimum absolute atomic E-state index is 0.427. The molecule has 0 aliphatic heterocycles. The molecule has 0 unspecified atom stereocenters. The molecule has 0 spiro atoms. The molecule has 84 valence electrons. The zero-order chi connectivity index (χ0) is 10.9. The molecule has 0 aliphatic carbocycles. The van der Waals surface area contributed by atoms with Crippen molar-refractivity contribution in [2.24, 2.45) is 0 Å². The normalized spacial score (nSPS) is 10.5. The quantitative estimate of drug-likeness (QED) is 0.719. The van der Waals surface area contributed by atoms with Crippen LogP contribution in [0.2, 0.25) is 0 Å². The second-order valence-electron chi connectivity index (χ2n) is 3.59. The van der Waals surface area contributed by atoms with Crippen molar-refractivity contribution in [1.29, 1.82) is 0 Å². The lowest BCUT2D eigenvalue weighted by Crippen LogP contribution is -2.10. The third-order valence-corrected chi connectivity index (χ3v) is 2.82. The van der Waals surface area contributed by atoms with E-state index in [9.17, 15) is 3.89 Å². The highest BCUT2D eigenvalue weighted by molar-refractivity contribution is 7.94. The van der Waals surface area contributed by atoms with Gasteiger partial charge in [0.05, 0.1) is 0 Å². The first kappa shape index (κ1) is 12.5. The summed E-state index contributed by atoms with van der Waals surface area (Å²) in [6.07, 6.45) is 2.96. The number of hydrogen-bond acceptors (Lipinski definition) is 2. The van der Waals surface area contributed by atoms with Crippen LogP contribution in [0.1, 0.15) is 17.5 Å². The van der Waals surface area contributed by atoms with E-state index < -0.39 is 0 Å². The van der Waals surface area contributed by atoms with E-state index in [1.165, 1.54) is 11.1 Å². The minimum atomic E-state index is 0.427. The number of hydrogen-bond donors (Lipinski definition) is 1. The highest BCUT2D eigenvalue weighted by atomic mass is 32.2. The topological polar surface area (TPSA) is 12.0 Å². The number of rotatable bonds is 7. The molecule has 1 aromatic rings. The van der Waals surface area contributed by atoms with Crippen molar-refractivity contribution in [3.05, 3.63) is 35.4 Å². The Balaban J connectivity index is 2.35. The Morgan fingerprint density at radius 2 is 1.73 bits per heavy atom.